The van der Waals surface area contributed by atoms with Crippen LogP contribution in [-0.4, -0.2) is 21.3 Å². The minimum Gasteiger partial charge on any atom is -0.867 e. The summed E-state index contributed by atoms with van der Waals surface area (Å²) in [4.78, 5) is 3.03. The number of rotatable bonds is 5. The summed E-state index contributed by atoms with van der Waals surface area (Å²) >= 11 is 0. The fraction of sp³-hybridized carbons (Fsp3) is 0.294. The molecule has 2 aromatic carbocycles. The van der Waals surface area contributed by atoms with E-state index >= 15 is 0 Å². The first-order valence-corrected chi connectivity index (χ1v) is 7.09. The van der Waals surface area contributed by atoms with Gasteiger partial charge in [0, 0.05) is 11.6 Å². The maximum Gasteiger partial charge on any atom is 0.377 e. The number of hydrogen-bond donors (Lipinski definition) is 0. The fourth-order valence-corrected chi connectivity index (χ4v) is 2.55. The minimum absolute atomic E-state index is 0.0186. The fourth-order valence-electron chi connectivity index (χ4n) is 2.55. The van der Waals surface area contributed by atoms with Gasteiger partial charge < -0.3 is 19.3 Å². The molecule has 23 heavy (non-hydrogen) atoms. The number of nitrogens with zero attached hydrogens (tertiary/aromatic N) is 2. The highest BCUT2D eigenvalue weighted by atomic mass is 16.5. The van der Waals surface area contributed by atoms with E-state index in [9.17, 15) is 5.11 Å². The van der Waals surface area contributed by atoms with Gasteiger partial charge in [-0.1, -0.05) is 13.0 Å². The average molecular weight is 314 g/mol. The van der Waals surface area contributed by atoms with Gasteiger partial charge in [0.2, 0.25) is 11.1 Å². The number of diazo groups is 1. The summed E-state index contributed by atoms with van der Waals surface area (Å²) in [7, 11) is 4.60. The Labute approximate surface area is 134 Å². The Hall–Kier alpha value is -2.94. The van der Waals surface area contributed by atoms with Crippen LogP contribution in [0.1, 0.15) is 12.5 Å². The van der Waals surface area contributed by atoms with Crippen molar-refractivity contribution in [3.05, 3.63) is 34.8 Å². The third-order valence-electron chi connectivity index (χ3n) is 3.67. The van der Waals surface area contributed by atoms with Gasteiger partial charge in [0.1, 0.15) is 0 Å². The Bertz CT molecular complexity index is 766. The number of benzene rings is 2. The van der Waals surface area contributed by atoms with Gasteiger partial charge in [-0.2, -0.15) is 0 Å². The second-order valence-corrected chi connectivity index (χ2v) is 4.81. The lowest BCUT2D eigenvalue weighted by atomic mass is 9.95. The van der Waals surface area contributed by atoms with Crippen molar-refractivity contribution >= 4 is 5.69 Å². The van der Waals surface area contributed by atoms with E-state index in [4.69, 9.17) is 19.6 Å². The van der Waals surface area contributed by atoms with E-state index in [0.717, 1.165) is 5.56 Å². The highest BCUT2D eigenvalue weighted by molar-refractivity contribution is 5.81. The molecule has 120 valence electrons. The normalized spacial score (nSPS) is 10.0. The van der Waals surface area contributed by atoms with E-state index in [1.54, 1.807) is 19.2 Å². The van der Waals surface area contributed by atoms with E-state index in [1.807, 2.05) is 13.0 Å². The molecule has 0 aliphatic carbocycles. The summed E-state index contributed by atoms with van der Waals surface area (Å²) in [6, 6.07) is 6.58. The van der Waals surface area contributed by atoms with Crippen LogP contribution in [0, 0.1) is 5.39 Å². The largest absolute Gasteiger partial charge is 0.867 e. The first-order chi connectivity index (χ1) is 11.1. The number of methoxy groups -OCH3 is 3. The zero-order valence-corrected chi connectivity index (χ0v) is 13.5. The van der Waals surface area contributed by atoms with Crippen LogP contribution in [0.15, 0.2) is 24.3 Å². The van der Waals surface area contributed by atoms with Crippen LogP contribution in [0.2, 0.25) is 0 Å². The molecule has 0 spiro atoms. The van der Waals surface area contributed by atoms with Crippen LogP contribution in [-0.2, 0) is 6.42 Å². The molecule has 0 aromatic heterocycles. The lowest BCUT2D eigenvalue weighted by molar-refractivity contribution is -0.266. The Morgan fingerprint density at radius 3 is 2.22 bits per heavy atom. The number of hydrogen-bond acceptors (Lipinski definition) is 5. The molecular weight excluding hydrogens is 296 g/mol. The SMILES string of the molecule is CCc1cc([N+]#N)c([O-])cc1-c1ccc(OC)c(OC)c1OC. The van der Waals surface area contributed by atoms with Crippen molar-refractivity contribution in [1.82, 2.24) is 0 Å². The van der Waals surface area contributed by atoms with Crippen molar-refractivity contribution in [2.75, 3.05) is 21.3 Å². The van der Waals surface area contributed by atoms with E-state index in [0.29, 0.717) is 34.8 Å². The van der Waals surface area contributed by atoms with Crippen molar-refractivity contribution in [3.8, 4) is 34.1 Å². The molecule has 0 fully saturated rings. The molecule has 6 nitrogen and oxygen atoms in total. The van der Waals surface area contributed by atoms with Crippen LogP contribution >= 0.6 is 0 Å². The summed E-state index contributed by atoms with van der Waals surface area (Å²) in [5.74, 6) is 1.11. The maximum atomic E-state index is 12.0. The molecule has 0 N–H and O–H groups in total. The van der Waals surface area contributed by atoms with Crippen molar-refractivity contribution in [2.24, 2.45) is 0 Å². The summed E-state index contributed by atoms with van der Waals surface area (Å²) in [5, 5.41) is 21.0. The lowest BCUT2D eigenvalue weighted by Crippen LogP contribution is -1.99. The molecular formula is C17H18N2O4. The monoisotopic (exact) mass is 314 g/mol. The van der Waals surface area contributed by atoms with E-state index in [2.05, 4.69) is 4.98 Å². The molecule has 0 unspecified atom stereocenters. The first-order valence-electron chi connectivity index (χ1n) is 7.09. The van der Waals surface area contributed by atoms with Gasteiger partial charge in [0.05, 0.1) is 21.3 Å². The van der Waals surface area contributed by atoms with Crippen molar-refractivity contribution in [2.45, 2.75) is 13.3 Å². The van der Waals surface area contributed by atoms with Gasteiger partial charge >= 0.3 is 5.69 Å². The zero-order chi connectivity index (χ0) is 17.0. The number of ether oxygens (including phenoxy) is 3. The summed E-state index contributed by atoms with van der Waals surface area (Å²) in [6.45, 7) is 1.96. The molecule has 0 atom stereocenters. The smallest absolute Gasteiger partial charge is 0.377 e. The van der Waals surface area contributed by atoms with Gasteiger partial charge in [-0.15, -0.1) is 0 Å². The van der Waals surface area contributed by atoms with Crippen molar-refractivity contribution in [3.63, 3.8) is 0 Å². The van der Waals surface area contributed by atoms with Crippen molar-refractivity contribution in [1.29, 1.82) is 5.39 Å². The molecule has 0 saturated carbocycles. The Balaban J connectivity index is 2.77. The highest BCUT2D eigenvalue weighted by Gasteiger charge is 2.20. The van der Waals surface area contributed by atoms with Gasteiger partial charge in [0.15, 0.2) is 16.5 Å². The lowest BCUT2D eigenvalue weighted by Gasteiger charge is -2.18. The molecule has 0 amide bonds. The van der Waals surface area contributed by atoms with E-state index in [1.165, 1.54) is 20.3 Å². The van der Waals surface area contributed by atoms with Crippen LogP contribution < -0.4 is 19.3 Å². The number of aryl methyl sites for hydroxylation is 1. The van der Waals surface area contributed by atoms with Crippen LogP contribution in [0.5, 0.6) is 23.0 Å². The van der Waals surface area contributed by atoms with Gasteiger partial charge in [-0.25, -0.2) is 0 Å². The first kappa shape index (κ1) is 16.4. The van der Waals surface area contributed by atoms with E-state index in [-0.39, 0.29) is 11.4 Å². The molecule has 6 heteroatoms. The average Bonchev–Trinajstić information content (AvgIpc) is 2.59. The molecule has 0 aliphatic rings. The zero-order valence-electron chi connectivity index (χ0n) is 13.5. The quantitative estimate of drug-likeness (QED) is 0.789. The van der Waals surface area contributed by atoms with Crippen LogP contribution in [0.3, 0.4) is 0 Å². The Morgan fingerprint density at radius 1 is 1.00 bits per heavy atom. The van der Waals surface area contributed by atoms with Gasteiger partial charge in [-0.3, -0.25) is 0 Å². The van der Waals surface area contributed by atoms with Gasteiger partial charge in [-0.05, 0) is 35.4 Å². The molecule has 0 saturated heterocycles. The molecule has 2 aromatic rings. The van der Waals surface area contributed by atoms with E-state index < -0.39 is 0 Å². The minimum atomic E-state index is -0.364. The summed E-state index contributed by atoms with van der Waals surface area (Å²) in [6.07, 6.45) is 0.662. The molecule has 0 heterocycles. The molecule has 2 rings (SSSR count). The Morgan fingerprint density at radius 2 is 1.70 bits per heavy atom. The molecule has 0 aliphatic heterocycles. The molecule has 0 radical (unpaired) electrons. The second-order valence-electron chi connectivity index (χ2n) is 4.81. The second kappa shape index (κ2) is 6.88. The van der Waals surface area contributed by atoms with Gasteiger partial charge in [0.25, 0.3) is 0 Å². The van der Waals surface area contributed by atoms with Crippen LogP contribution in [0.25, 0.3) is 16.1 Å². The maximum absolute atomic E-state index is 12.0. The highest BCUT2D eigenvalue weighted by Crippen LogP contribution is 2.46. The topological polar surface area (TPSA) is 78.9 Å². The van der Waals surface area contributed by atoms with Crippen LogP contribution in [0.4, 0.5) is 5.69 Å². The standard InChI is InChI=1S/C17H18N2O4/c1-5-10-8-13(19-18)14(20)9-12(10)11-6-7-15(21-2)17(23-4)16(11)22-3/h6-9H,5H2,1-4H3. The summed E-state index contributed by atoms with van der Waals surface area (Å²) in [5.41, 5.74) is 2.30. The Kier molecular flexibility index (Phi) is 4.91. The molecule has 0 bridgehead atoms. The predicted molar refractivity (Wildman–Crippen MR) is 85.1 cm³/mol. The predicted octanol–water partition coefficient (Wildman–Crippen LogP) is 3.50. The van der Waals surface area contributed by atoms with Crippen molar-refractivity contribution < 1.29 is 19.3 Å². The summed E-state index contributed by atoms with van der Waals surface area (Å²) < 4.78 is 16.1. The third kappa shape index (κ3) is 2.86. The third-order valence-corrected chi connectivity index (χ3v) is 3.67.